The third-order valence-electron chi connectivity index (χ3n) is 7.22. The molecule has 0 aromatic heterocycles. The molecule has 1 aromatic rings. The fourth-order valence-electron chi connectivity index (χ4n) is 5.95. The van der Waals surface area contributed by atoms with Crippen molar-refractivity contribution in [3.8, 4) is 5.75 Å². The molecule has 0 spiro atoms. The van der Waals surface area contributed by atoms with Crippen molar-refractivity contribution in [2.24, 2.45) is 17.3 Å². The highest BCUT2D eigenvalue weighted by molar-refractivity contribution is 5.74. The van der Waals surface area contributed by atoms with E-state index in [9.17, 15) is 15.0 Å². The summed E-state index contributed by atoms with van der Waals surface area (Å²) in [7, 11) is 0. The predicted octanol–water partition coefficient (Wildman–Crippen LogP) is 3.54. The number of fused-ring (bicyclic) bond motifs is 5. The molecule has 4 nitrogen and oxygen atoms in total. The average Bonchev–Trinajstić information content (AvgIpc) is 2.91. The molecule has 0 aliphatic heterocycles. The molecule has 3 aliphatic rings. The fraction of sp³-hybridized carbons (Fsp3) is 0.667. The molecule has 6 atom stereocenters. The van der Waals surface area contributed by atoms with Crippen LogP contribution in [0.15, 0.2) is 18.2 Å². The third kappa shape index (κ3) is 2.66. The molecular weight excluding hydrogens is 316 g/mol. The van der Waals surface area contributed by atoms with Gasteiger partial charge in [-0.1, -0.05) is 13.0 Å². The van der Waals surface area contributed by atoms with Crippen LogP contribution in [-0.2, 0) is 16.0 Å². The van der Waals surface area contributed by atoms with Crippen molar-refractivity contribution in [3.63, 3.8) is 0 Å². The van der Waals surface area contributed by atoms with Gasteiger partial charge in [0, 0.05) is 5.41 Å². The van der Waals surface area contributed by atoms with Crippen molar-refractivity contribution in [1.82, 2.24) is 0 Å². The van der Waals surface area contributed by atoms with E-state index in [-0.39, 0.29) is 11.5 Å². The molecule has 1 unspecified atom stereocenters. The largest absolute Gasteiger partial charge is 0.508 e. The van der Waals surface area contributed by atoms with Gasteiger partial charge in [-0.2, -0.15) is 0 Å². The molecule has 4 rings (SSSR count). The Morgan fingerprint density at radius 3 is 2.84 bits per heavy atom. The lowest BCUT2D eigenvalue weighted by molar-refractivity contribution is -0.166. The number of aromatic hydroxyl groups is 1. The van der Waals surface area contributed by atoms with Crippen molar-refractivity contribution >= 4 is 5.97 Å². The molecule has 25 heavy (non-hydrogen) atoms. The first-order chi connectivity index (χ1) is 11.9. The monoisotopic (exact) mass is 344 g/mol. The normalized spacial score (nSPS) is 37.6. The number of ether oxygens (including phenoxy) is 1. The first-order valence-electron chi connectivity index (χ1n) is 9.60. The number of esters is 1. The summed E-state index contributed by atoms with van der Waals surface area (Å²) in [6, 6.07) is 5.86. The number of aryl methyl sites for hydroxylation is 1. The number of carbonyl (C=O) groups is 1. The van der Waals surface area contributed by atoms with Crippen LogP contribution in [0.4, 0.5) is 0 Å². The zero-order valence-electron chi connectivity index (χ0n) is 15.1. The molecule has 0 bridgehead atoms. The molecular formula is C21H28O4. The van der Waals surface area contributed by atoms with E-state index in [0.717, 1.165) is 38.5 Å². The number of rotatable bonds is 2. The average molecular weight is 344 g/mol. The maximum absolute atomic E-state index is 11.9. The summed E-state index contributed by atoms with van der Waals surface area (Å²) in [5, 5.41) is 19.3. The molecule has 0 heterocycles. The standard InChI is InChI=1S/C21H28O4/c1-12(22)20(24)25-19-8-7-18-17-5-3-13-11-14(23)4-6-15(13)16(17)9-10-21(18,19)2/h4,6,11-12,16-19,22-23H,3,5,7-10H2,1-2H3/t12?,16-,17-,18+,19+,21+/m1/s1. The number of benzene rings is 1. The Balaban J connectivity index is 1.58. The number of phenolic OH excluding ortho intramolecular Hbond substituents is 1. The number of phenols is 1. The minimum absolute atomic E-state index is 0.0279. The van der Waals surface area contributed by atoms with Gasteiger partial charge in [-0.15, -0.1) is 0 Å². The summed E-state index contributed by atoms with van der Waals surface area (Å²) < 4.78 is 5.69. The quantitative estimate of drug-likeness (QED) is 0.805. The van der Waals surface area contributed by atoms with Gasteiger partial charge in [0.1, 0.15) is 18.0 Å². The number of carbonyl (C=O) groups excluding carboxylic acids is 1. The molecule has 0 amide bonds. The van der Waals surface area contributed by atoms with Gasteiger partial charge in [0.15, 0.2) is 0 Å². The van der Waals surface area contributed by atoms with Crippen molar-refractivity contribution < 1.29 is 19.7 Å². The van der Waals surface area contributed by atoms with Crippen LogP contribution in [0.5, 0.6) is 5.75 Å². The van der Waals surface area contributed by atoms with Gasteiger partial charge in [0.2, 0.25) is 0 Å². The molecule has 0 radical (unpaired) electrons. The Morgan fingerprint density at radius 2 is 2.08 bits per heavy atom. The van der Waals surface area contributed by atoms with Crippen LogP contribution in [0, 0.1) is 17.3 Å². The number of hydrogen-bond donors (Lipinski definition) is 2. The van der Waals surface area contributed by atoms with Gasteiger partial charge in [-0.25, -0.2) is 4.79 Å². The Morgan fingerprint density at radius 1 is 1.28 bits per heavy atom. The summed E-state index contributed by atoms with van der Waals surface area (Å²) in [6.45, 7) is 3.76. The highest BCUT2D eigenvalue weighted by atomic mass is 16.6. The molecule has 2 saturated carbocycles. The summed E-state index contributed by atoms with van der Waals surface area (Å²) >= 11 is 0. The van der Waals surface area contributed by atoms with E-state index in [1.807, 2.05) is 12.1 Å². The lowest BCUT2D eigenvalue weighted by Gasteiger charge is -2.50. The van der Waals surface area contributed by atoms with Gasteiger partial charge in [-0.3, -0.25) is 0 Å². The van der Waals surface area contributed by atoms with Crippen LogP contribution >= 0.6 is 0 Å². The van der Waals surface area contributed by atoms with Gasteiger partial charge in [0.05, 0.1) is 0 Å². The molecule has 2 fully saturated rings. The van der Waals surface area contributed by atoms with Crippen molar-refractivity contribution in [2.75, 3.05) is 0 Å². The second kappa shape index (κ2) is 6.01. The van der Waals surface area contributed by atoms with Gasteiger partial charge < -0.3 is 14.9 Å². The molecule has 4 heteroatoms. The van der Waals surface area contributed by atoms with E-state index in [2.05, 4.69) is 13.0 Å². The van der Waals surface area contributed by atoms with Crippen molar-refractivity contribution in [1.29, 1.82) is 0 Å². The van der Waals surface area contributed by atoms with Crippen molar-refractivity contribution in [2.45, 2.75) is 70.5 Å². The minimum atomic E-state index is -1.05. The Labute approximate surface area is 149 Å². The van der Waals surface area contributed by atoms with Gasteiger partial charge in [-0.05, 0) is 86.5 Å². The van der Waals surface area contributed by atoms with Crippen LogP contribution in [0.2, 0.25) is 0 Å². The first-order valence-corrected chi connectivity index (χ1v) is 9.60. The SMILES string of the molecule is CC(O)C(=O)O[C@H]1CC[C@H]2[C@@H]3CCc4cc(O)ccc4[C@H]3CC[C@]12C. The van der Waals surface area contributed by atoms with E-state index in [0.29, 0.717) is 23.5 Å². The van der Waals surface area contributed by atoms with Gasteiger partial charge >= 0.3 is 5.97 Å². The molecule has 1 aromatic carbocycles. The third-order valence-corrected chi connectivity index (χ3v) is 7.22. The Hall–Kier alpha value is -1.55. The summed E-state index contributed by atoms with van der Waals surface area (Å²) in [5.41, 5.74) is 2.75. The minimum Gasteiger partial charge on any atom is -0.508 e. The lowest BCUT2D eigenvalue weighted by Crippen LogP contribution is -2.45. The van der Waals surface area contributed by atoms with E-state index in [4.69, 9.17) is 4.74 Å². The van der Waals surface area contributed by atoms with Crippen LogP contribution in [-0.4, -0.2) is 28.4 Å². The van der Waals surface area contributed by atoms with Crippen molar-refractivity contribution in [3.05, 3.63) is 29.3 Å². The predicted molar refractivity (Wildman–Crippen MR) is 94.3 cm³/mol. The summed E-state index contributed by atoms with van der Waals surface area (Å²) in [5.74, 6) is 1.64. The maximum atomic E-state index is 11.9. The maximum Gasteiger partial charge on any atom is 0.334 e. The number of aliphatic hydroxyl groups is 1. The number of aliphatic hydroxyl groups excluding tert-OH is 1. The van der Waals surface area contributed by atoms with Gasteiger partial charge in [0.25, 0.3) is 0 Å². The van der Waals surface area contributed by atoms with E-state index < -0.39 is 12.1 Å². The van der Waals surface area contributed by atoms with E-state index >= 15 is 0 Å². The second-order valence-corrected chi connectivity index (χ2v) is 8.52. The van der Waals surface area contributed by atoms with Crippen LogP contribution in [0.3, 0.4) is 0 Å². The van der Waals surface area contributed by atoms with Crippen LogP contribution in [0.1, 0.15) is 63.0 Å². The molecule has 2 N–H and O–H groups in total. The summed E-state index contributed by atoms with van der Waals surface area (Å²) in [4.78, 5) is 11.9. The van der Waals surface area contributed by atoms with E-state index in [1.165, 1.54) is 18.1 Å². The van der Waals surface area contributed by atoms with E-state index in [1.54, 1.807) is 0 Å². The number of hydrogen-bond acceptors (Lipinski definition) is 4. The van der Waals surface area contributed by atoms with Crippen LogP contribution in [0.25, 0.3) is 0 Å². The highest BCUT2D eigenvalue weighted by Crippen LogP contribution is 2.61. The fourth-order valence-corrected chi connectivity index (χ4v) is 5.95. The zero-order valence-corrected chi connectivity index (χ0v) is 15.1. The molecule has 0 saturated heterocycles. The topological polar surface area (TPSA) is 66.8 Å². The zero-order chi connectivity index (χ0) is 17.8. The molecule has 136 valence electrons. The first kappa shape index (κ1) is 16.9. The Bertz CT molecular complexity index is 682. The Kier molecular flexibility index (Phi) is 4.06. The molecule has 3 aliphatic carbocycles. The smallest absolute Gasteiger partial charge is 0.334 e. The van der Waals surface area contributed by atoms with Crippen LogP contribution < -0.4 is 0 Å². The summed E-state index contributed by atoms with van der Waals surface area (Å²) in [6.07, 6.45) is 5.23. The lowest BCUT2D eigenvalue weighted by atomic mass is 9.55. The second-order valence-electron chi connectivity index (χ2n) is 8.52. The highest BCUT2D eigenvalue weighted by Gasteiger charge is 2.56.